The minimum absolute atomic E-state index is 0.00717. The van der Waals surface area contributed by atoms with Gasteiger partial charge in [0.25, 0.3) is 0 Å². The minimum atomic E-state index is -1.25. The molecule has 1 saturated carbocycles. The third kappa shape index (κ3) is 4.80. The van der Waals surface area contributed by atoms with E-state index in [0.717, 1.165) is 31.4 Å². The summed E-state index contributed by atoms with van der Waals surface area (Å²) in [7, 11) is 0. The van der Waals surface area contributed by atoms with Crippen molar-refractivity contribution in [2.75, 3.05) is 5.32 Å². The number of hydrogen-bond acceptors (Lipinski definition) is 4. The molecule has 0 heterocycles. The van der Waals surface area contributed by atoms with E-state index in [1.165, 1.54) is 12.1 Å². The van der Waals surface area contributed by atoms with E-state index in [1.54, 1.807) is 0 Å². The van der Waals surface area contributed by atoms with Crippen LogP contribution in [0.3, 0.4) is 0 Å². The first kappa shape index (κ1) is 19.9. The van der Waals surface area contributed by atoms with Crippen LogP contribution in [0.4, 0.5) is 15.8 Å². The first-order valence-electron chi connectivity index (χ1n) is 8.55. The Morgan fingerprint density at radius 1 is 1.31 bits per heavy atom. The van der Waals surface area contributed by atoms with E-state index in [9.17, 15) is 19.3 Å². The highest BCUT2D eigenvalue weighted by Gasteiger charge is 2.39. The molecule has 0 aliphatic heterocycles. The molecule has 6 nitrogen and oxygen atoms in total. The van der Waals surface area contributed by atoms with Gasteiger partial charge in [0.05, 0.1) is 4.92 Å². The predicted octanol–water partition coefficient (Wildman–Crippen LogP) is 4.85. The lowest BCUT2D eigenvalue weighted by Crippen LogP contribution is -2.40. The fourth-order valence-electron chi connectivity index (χ4n) is 4.33. The van der Waals surface area contributed by atoms with Crippen molar-refractivity contribution in [3.63, 3.8) is 0 Å². The van der Waals surface area contributed by atoms with Crippen LogP contribution in [0.2, 0.25) is 0 Å². The molecule has 1 aromatic rings. The number of hydrogen-bond donors (Lipinski definition) is 2. The standard InChI is InChI=1S/C19H25FN2O4/c1-18(2)9-13(10-19(3,4)11-18)21-14-7-5-12(6-8-15(23)24)16(20)17(14)22(25)26/h5-8,13,21H,9-11H2,1-4H3,(H,23,24). The van der Waals surface area contributed by atoms with Crippen LogP contribution in [-0.2, 0) is 4.79 Å². The minimum Gasteiger partial charge on any atom is -0.478 e. The van der Waals surface area contributed by atoms with Crippen molar-refractivity contribution in [2.45, 2.75) is 53.0 Å². The highest BCUT2D eigenvalue weighted by Crippen LogP contribution is 2.47. The van der Waals surface area contributed by atoms with Crippen LogP contribution in [0.1, 0.15) is 52.5 Å². The SMILES string of the molecule is CC1(C)CC(Nc2ccc(C=CC(=O)O)c(F)c2[N+](=O)[O-])CC(C)(C)C1. The zero-order valence-electron chi connectivity index (χ0n) is 15.5. The number of nitrogens with one attached hydrogen (secondary N) is 1. The van der Waals surface area contributed by atoms with Crippen LogP contribution in [0.5, 0.6) is 0 Å². The Morgan fingerprint density at radius 3 is 2.38 bits per heavy atom. The average molecular weight is 364 g/mol. The summed E-state index contributed by atoms with van der Waals surface area (Å²) in [6.45, 7) is 8.66. The van der Waals surface area contributed by atoms with Crippen LogP contribution in [0.15, 0.2) is 18.2 Å². The molecule has 2 rings (SSSR count). The molecule has 0 unspecified atom stereocenters. The third-order valence-corrected chi connectivity index (χ3v) is 4.65. The molecular formula is C19H25FN2O4. The number of nitro benzene ring substituents is 1. The molecule has 1 aliphatic rings. The first-order chi connectivity index (χ1) is 11.9. The summed E-state index contributed by atoms with van der Waals surface area (Å²) < 4.78 is 14.6. The van der Waals surface area contributed by atoms with Crippen molar-refractivity contribution < 1.29 is 19.2 Å². The summed E-state index contributed by atoms with van der Waals surface area (Å²) >= 11 is 0. The quantitative estimate of drug-likeness (QED) is 0.443. The number of rotatable bonds is 5. The van der Waals surface area contributed by atoms with Gasteiger partial charge in [-0.3, -0.25) is 10.1 Å². The van der Waals surface area contributed by atoms with Gasteiger partial charge in [-0.2, -0.15) is 4.39 Å². The zero-order chi connectivity index (χ0) is 19.7. The van der Waals surface area contributed by atoms with Crippen molar-refractivity contribution in [3.05, 3.63) is 39.7 Å². The van der Waals surface area contributed by atoms with E-state index in [2.05, 4.69) is 33.0 Å². The topological polar surface area (TPSA) is 92.5 Å². The number of anilines is 1. The van der Waals surface area contributed by atoms with Gasteiger partial charge in [-0.1, -0.05) is 27.7 Å². The Morgan fingerprint density at radius 2 is 1.88 bits per heavy atom. The molecule has 0 atom stereocenters. The number of carboxylic acid groups (broad SMARTS) is 1. The maximum absolute atomic E-state index is 14.6. The van der Waals surface area contributed by atoms with Crippen LogP contribution < -0.4 is 5.32 Å². The van der Waals surface area contributed by atoms with Gasteiger partial charge in [-0.15, -0.1) is 0 Å². The Balaban J connectivity index is 2.36. The number of halogens is 1. The van der Waals surface area contributed by atoms with Gasteiger partial charge in [0.15, 0.2) is 0 Å². The molecule has 26 heavy (non-hydrogen) atoms. The monoisotopic (exact) mass is 364 g/mol. The van der Waals surface area contributed by atoms with Gasteiger partial charge in [0.1, 0.15) is 5.69 Å². The van der Waals surface area contributed by atoms with Crippen molar-refractivity contribution >= 4 is 23.4 Å². The Kier molecular flexibility index (Phi) is 5.39. The lowest BCUT2D eigenvalue weighted by Gasteiger charge is -2.45. The van der Waals surface area contributed by atoms with Gasteiger partial charge in [-0.25, -0.2) is 4.79 Å². The van der Waals surface area contributed by atoms with E-state index in [4.69, 9.17) is 5.11 Å². The molecule has 0 amide bonds. The number of carbonyl (C=O) groups is 1. The molecule has 0 radical (unpaired) electrons. The molecule has 2 N–H and O–H groups in total. The summed E-state index contributed by atoms with van der Waals surface area (Å²) in [5, 5.41) is 23.2. The molecule has 0 spiro atoms. The average Bonchev–Trinajstić information content (AvgIpc) is 2.42. The van der Waals surface area contributed by atoms with E-state index in [-0.39, 0.29) is 28.1 Å². The third-order valence-electron chi connectivity index (χ3n) is 4.65. The second-order valence-electron chi connectivity index (χ2n) is 8.55. The van der Waals surface area contributed by atoms with Gasteiger partial charge < -0.3 is 10.4 Å². The van der Waals surface area contributed by atoms with Gasteiger partial charge >= 0.3 is 11.7 Å². The summed E-state index contributed by atoms with van der Waals surface area (Å²) in [4.78, 5) is 21.2. The molecule has 1 aromatic carbocycles. The summed E-state index contributed by atoms with van der Waals surface area (Å²) in [6, 6.07) is 2.79. The van der Waals surface area contributed by atoms with E-state index in [0.29, 0.717) is 0 Å². The molecule has 0 aromatic heterocycles. The maximum Gasteiger partial charge on any atom is 0.328 e. The molecule has 142 valence electrons. The maximum atomic E-state index is 14.6. The number of nitro groups is 1. The van der Waals surface area contributed by atoms with Crippen LogP contribution in [-0.4, -0.2) is 22.0 Å². The fourth-order valence-corrected chi connectivity index (χ4v) is 4.33. The highest BCUT2D eigenvalue weighted by atomic mass is 19.1. The van der Waals surface area contributed by atoms with Crippen molar-refractivity contribution in [1.82, 2.24) is 0 Å². The van der Waals surface area contributed by atoms with Crippen molar-refractivity contribution in [2.24, 2.45) is 10.8 Å². The van der Waals surface area contributed by atoms with E-state index >= 15 is 0 Å². The van der Waals surface area contributed by atoms with E-state index in [1.807, 2.05) is 0 Å². The number of nitrogens with zero attached hydrogens (tertiary/aromatic N) is 1. The molecular weight excluding hydrogens is 339 g/mol. The smallest absolute Gasteiger partial charge is 0.328 e. The molecule has 1 fully saturated rings. The van der Waals surface area contributed by atoms with Crippen molar-refractivity contribution in [1.29, 1.82) is 0 Å². The number of benzene rings is 1. The number of aliphatic carboxylic acids is 1. The molecule has 1 aliphatic carbocycles. The summed E-state index contributed by atoms with van der Waals surface area (Å²) in [5.74, 6) is -2.28. The van der Waals surface area contributed by atoms with Gasteiger partial charge in [0, 0.05) is 17.7 Å². The van der Waals surface area contributed by atoms with Gasteiger partial charge in [-0.05, 0) is 48.3 Å². The number of carboxylic acids is 1. The Hall–Kier alpha value is -2.44. The first-order valence-corrected chi connectivity index (χ1v) is 8.55. The summed E-state index contributed by atoms with van der Waals surface area (Å²) in [6.07, 6.45) is 4.47. The van der Waals surface area contributed by atoms with E-state index < -0.39 is 22.4 Å². The largest absolute Gasteiger partial charge is 0.478 e. The molecule has 0 saturated heterocycles. The summed E-state index contributed by atoms with van der Waals surface area (Å²) in [5.41, 5.74) is -0.500. The normalized spacial score (nSPS) is 19.4. The lowest BCUT2D eigenvalue weighted by atomic mass is 9.63. The van der Waals surface area contributed by atoms with Crippen LogP contribution in [0, 0.1) is 26.8 Å². The zero-order valence-corrected chi connectivity index (χ0v) is 15.5. The second-order valence-corrected chi connectivity index (χ2v) is 8.55. The van der Waals surface area contributed by atoms with Crippen LogP contribution >= 0.6 is 0 Å². The Bertz CT molecular complexity index is 740. The lowest BCUT2D eigenvalue weighted by molar-refractivity contribution is -0.386. The molecule has 7 heteroatoms. The Labute approximate surface area is 152 Å². The molecule has 0 bridgehead atoms. The predicted molar refractivity (Wildman–Crippen MR) is 98.5 cm³/mol. The highest BCUT2D eigenvalue weighted by molar-refractivity contribution is 5.86. The van der Waals surface area contributed by atoms with Crippen LogP contribution in [0.25, 0.3) is 6.08 Å². The van der Waals surface area contributed by atoms with Gasteiger partial charge in [0.2, 0.25) is 5.82 Å². The fraction of sp³-hybridized carbons (Fsp3) is 0.526. The second kappa shape index (κ2) is 7.05. The van der Waals surface area contributed by atoms with Crippen molar-refractivity contribution in [3.8, 4) is 0 Å².